The monoisotopic (exact) mass is 374 g/mol. The van der Waals surface area contributed by atoms with Gasteiger partial charge in [0.05, 0.1) is 21.5 Å². The number of sulfonamides is 1. The minimum atomic E-state index is -3.42. The van der Waals surface area contributed by atoms with E-state index in [1.54, 1.807) is 12.1 Å². The third-order valence-corrected chi connectivity index (χ3v) is 5.30. The molecule has 1 aromatic rings. The second kappa shape index (κ2) is 6.96. The van der Waals surface area contributed by atoms with E-state index in [1.165, 1.54) is 0 Å². The number of nitrogens with two attached hydrogens (primary N) is 1. The lowest BCUT2D eigenvalue weighted by molar-refractivity contribution is 0.597. The van der Waals surface area contributed by atoms with Crippen LogP contribution in [0.25, 0.3) is 0 Å². The van der Waals surface area contributed by atoms with Crippen LogP contribution in [0.5, 0.6) is 0 Å². The van der Waals surface area contributed by atoms with Gasteiger partial charge in [0.25, 0.3) is 0 Å². The van der Waals surface area contributed by atoms with Crippen molar-refractivity contribution in [2.75, 3.05) is 17.0 Å². The minimum absolute atomic E-state index is 0.00815. The molecule has 1 rings (SSSR count). The molecule has 0 spiro atoms. The second-order valence-corrected chi connectivity index (χ2v) is 7.09. The van der Waals surface area contributed by atoms with E-state index in [1.807, 2.05) is 0 Å². The van der Waals surface area contributed by atoms with Crippen molar-refractivity contribution in [3.8, 4) is 0 Å². The lowest BCUT2D eigenvalue weighted by Crippen LogP contribution is -2.17. The summed E-state index contributed by atoms with van der Waals surface area (Å²) in [5.41, 5.74) is 5.59. The predicted octanol–water partition coefficient (Wildman–Crippen LogP) is 3.24. The first-order chi connectivity index (χ1) is 8.37. The molecular formula is C10H13BrCl2N2O2S. The lowest BCUT2D eigenvalue weighted by atomic mass is 10.3. The van der Waals surface area contributed by atoms with Crippen LogP contribution in [-0.4, -0.2) is 20.7 Å². The summed E-state index contributed by atoms with van der Waals surface area (Å²) in [6.07, 6.45) is 1.17. The molecule has 0 heterocycles. The lowest BCUT2D eigenvalue weighted by Gasteiger charge is -2.11. The average molecular weight is 376 g/mol. The number of anilines is 1. The van der Waals surface area contributed by atoms with E-state index >= 15 is 0 Å². The van der Waals surface area contributed by atoms with Gasteiger partial charge in [-0.15, -0.1) is 0 Å². The summed E-state index contributed by atoms with van der Waals surface area (Å²) < 4.78 is 26.5. The summed E-state index contributed by atoms with van der Waals surface area (Å²) in [5.74, 6) is 0.00815. The van der Waals surface area contributed by atoms with Gasteiger partial charge in [-0.3, -0.25) is 4.72 Å². The average Bonchev–Trinajstić information content (AvgIpc) is 2.30. The van der Waals surface area contributed by atoms with Crippen molar-refractivity contribution in [1.82, 2.24) is 0 Å². The molecule has 0 radical (unpaired) electrons. The first kappa shape index (κ1) is 16.0. The van der Waals surface area contributed by atoms with Crippen molar-refractivity contribution in [2.24, 2.45) is 5.73 Å². The number of halogens is 3. The molecule has 0 bridgehead atoms. The third-order valence-electron chi connectivity index (χ3n) is 2.17. The Labute approximate surface area is 125 Å². The zero-order valence-electron chi connectivity index (χ0n) is 9.42. The maximum atomic E-state index is 11.8. The molecule has 1 aromatic carbocycles. The van der Waals surface area contributed by atoms with Crippen molar-refractivity contribution in [2.45, 2.75) is 12.8 Å². The van der Waals surface area contributed by atoms with E-state index in [2.05, 4.69) is 20.7 Å². The van der Waals surface area contributed by atoms with Gasteiger partial charge in [0, 0.05) is 4.47 Å². The number of hydrogen-bond acceptors (Lipinski definition) is 3. The summed E-state index contributed by atoms with van der Waals surface area (Å²) in [7, 11) is -3.42. The molecule has 4 nitrogen and oxygen atoms in total. The van der Waals surface area contributed by atoms with Gasteiger partial charge < -0.3 is 5.73 Å². The first-order valence-electron chi connectivity index (χ1n) is 5.21. The number of hydrogen-bond donors (Lipinski definition) is 2. The molecule has 0 amide bonds. The van der Waals surface area contributed by atoms with Crippen LogP contribution in [0.2, 0.25) is 10.0 Å². The van der Waals surface area contributed by atoms with Gasteiger partial charge in [-0.25, -0.2) is 8.42 Å². The maximum absolute atomic E-state index is 11.8. The molecule has 18 heavy (non-hydrogen) atoms. The van der Waals surface area contributed by atoms with Gasteiger partial charge >= 0.3 is 0 Å². The summed E-state index contributed by atoms with van der Waals surface area (Å²) in [5, 5.41) is 0.451. The molecule has 0 saturated carbocycles. The maximum Gasteiger partial charge on any atom is 0.232 e. The van der Waals surface area contributed by atoms with Crippen LogP contribution in [0.3, 0.4) is 0 Å². The summed E-state index contributed by atoms with van der Waals surface area (Å²) in [6, 6.07) is 3.19. The highest BCUT2D eigenvalue weighted by Crippen LogP contribution is 2.36. The Balaban J connectivity index is 2.82. The number of benzene rings is 1. The van der Waals surface area contributed by atoms with E-state index in [0.29, 0.717) is 23.9 Å². The molecule has 3 N–H and O–H groups in total. The topological polar surface area (TPSA) is 72.2 Å². The molecule has 0 unspecified atom stereocenters. The Bertz CT molecular complexity index is 523. The Morgan fingerprint density at radius 1 is 1.22 bits per heavy atom. The van der Waals surface area contributed by atoms with Gasteiger partial charge in [-0.05, 0) is 47.4 Å². The fourth-order valence-electron chi connectivity index (χ4n) is 1.26. The third kappa shape index (κ3) is 4.59. The van der Waals surface area contributed by atoms with Crippen LogP contribution in [0.1, 0.15) is 12.8 Å². The molecule has 0 aliphatic carbocycles. The number of nitrogens with one attached hydrogen (secondary N) is 1. The van der Waals surface area contributed by atoms with Gasteiger partial charge in [0.2, 0.25) is 10.0 Å². The van der Waals surface area contributed by atoms with Crippen molar-refractivity contribution in [1.29, 1.82) is 0 Å². The molecule has 0 saturated heterocycles. The van der Waals surface area contributed by atoms with E-state index in [4.69, 9.17) is 28.9 Å². The molecule has 8 heteroatoms. The van der Waals surface area contributed by atoms with Crippen LogP contribution >= 0.6 is 39.1 Å². The normalized spacial score (nSPS) is 11.6. The fourth-order valence-corrected chi connectivity index (χ4v) is 3.33. The van der Waals surface area contributed by atoms with Crippen molar-refractivity contribution < 1.29 is 8.42 Å². The van der Waals surface area contributed by atoms with Crippen molar-refractivity contribution in [3.63, 3.8) is 0 Å². The van der Waals surface area contributed by atoms with Crippen LogP contribution in [0.15, 0.2) is 16.6 Å². The SMILES string of the molecule is NCCCCS(=O)(=O)Nc1ccc(Br)c(Cl)c1Cl. The summed E-state index contributed by atoms with van der Waals surface area (Å²) in [4.78, 5) is 0. The van der Waals surface area contributed by atoms with E-state index < -0.39 is 10.0 Å². The summed E-state index contributed by atoms with van der Waals surface area (Å²) in [6.45, 7) is 0.473. The quantitative estimate of drug-likeness (QED) is 0.592. The molecule has 0 fully saturated rings. The predicted molar refractivity (Wildman–Crippen MR) is 79.9 cm³/mol. The summed E-state index contributed by atoms with van der Waals surface area (Å²) >= 11 is 15.1. The molecule has 0 aliphatic rings. The van der Waals surface area contributed by atoms with E-state index in [9.17, 15) is 8.42 Å². The Morgan fingerprint density at radius 3 is 2.50 bits per heavy atom. The standard InChI is InChI=1S/C10H13BrCl2N2O2S/c11-7-3-4-8(10(13)9(7)12)15-18(16,17)6-2-1-5-14/h3-4,15H,1-2,5-6,14H2. The Kier molecular flexibility index (Phi) is 6.20. The van der Waals surface area contributed by atoms with Crippen molar-refractivity contribution in [3.05, 3.63) is 26.7 Å². The smallest absolute Gasteiger partial charge is 0.232 e. The molecule has 0 aliphatic heterocycles. The van der Waals surface area contributed by atoms with Crippen molar-refractivity contribution >= 4 is 54.8 Å². The van der Waals surface area contributed by atoms with Gasteiger partial charge in [0.1, 0.15) is 0 Å². The van der Waals surface area contributed by atoms with E-state index in [0.717, 1.165) is 0 Å². The molecule has 0 aromatic heterocycles. The molecule has 0 atom stereocenters. The minimum Gasteiger partial charge on any atom is -0.330 e. The number of unbranched alkanes of at least 4 members (excludes halogenated alkanes) is 1. The van der Waals surface area contributed by atoms with Gasteiger partial charge in [-0.1, -0.05) is 23.2 Å². The highest BCUT2D eigenvalue weighted by atomic mass is 79.9. The van der Waals surface area contributed by atoms with E-state index in [-0.39, 0.29) is 21.5 Å². The first-order valence-corrected chi connectivity index (χ1v) is 8.41. The van der Waals surface area contributed by atoms with Crippen LogP contribution < -0.4 is 10.5 Å². The zero-order chi connectivity index (χ0) is 13.8. The highest BCUT2D eigenvalue weighted by Gasteiger charge is 2.14. The Morgan fingerprint density at radius 2 is 1.89 bits per heavy atom. The fraction of sp³-hybridized carbons (Fsp3) is 0.400. The van der Waals surface area contributed by atoms with Gasteiger partial charge in [0.15, 0.2) is 0 Å². The Hall–Kier alpha value is -0.0100. The molecular weight excluding hydrogens is 363 g/mol. The second-order valence-electron chi connectivity index (χ2n) is 3.64. The van der Waals surface area contributed by atoms with Crippen LogP contribution in [0, 0.1) is 0 Å². The van der Waals surface area contributed by atoms with Gasteiger partial charge in [-0.2, -0.15) is 0 Å². The zero-order valence-corrected chi connectivity index (χ0v) is 13.3. The van der Waals surface area contributed by atoms with Crippen LogP contribution in [0.4, 0.5) is 5.69 Å². The largest absolute Gasteiger partial charge is 0.330 e. The van der Waals surface area contributed by atoms with Crippen LogP contribution in [-0.2, 0) is 10.0 Å². The molecule has 102 valence electrons. The highest BCUT2D eigenvalue weighted by molar-refractivity contribution is 9.10. The number of rotatable bonds is 6.